The van der Waals surface area contributed by atoms with Crippen LogP contribution in [-0.2, 0) is 6.42 Å². The van der Waals surface area contributed by atoms with E-state index in [0.29, 0.717) is 0 Å². The summed E-state index contributed by atoms with van der Waals surface area (Å²) in [5.74, 6) is 2.67. The molecule has 0 unspecified atom stereocenters. The second-order valence-electron chi connectivity index (χ2n) is 7.97. The van der Waals surface area contributed by atoms with Crippen LogP contribution in [0.5, 0.6) is 5.75 Å². The third kappa shape index (κ3) is 8.96. The van der Waals surface area contributed by atoms with Crippen molar-refractivity contribution in [2.45, 2.75) is 26.7 Å². The molecule has 9 heteroatoms. The maximum absolute atomic E-state index is 5.43. The first-order chi connectivity index (χ1) is 15.7. The third-order valence-corrected chi connectivity index (χ3v) is 5.63. The van der Waals surface area contributed by atoms with Crippen LogP contribution in [0.2, 0.25) is 0 Å². The number of aromatic nitrogens is 2. The molecule has 3 rings (SSSR count). The highest BCUT2D eigenvalue weighted by molar-refractivity contribution is 14.0. The van der Waals surface area contributed by atoms with Crippen LogP contribution in [0.4, 0.5) is 5.95 Å². The second-order valence-corrected chi connectivity index (χ2v) is 7.97. The van der Waals surface area contributed by atoms with E-state index in [-0.39, 0.29) is 24.0 Å². The lowest BCUT2D eigenvalue weighted by Gasteiger charge is -2.34. The van der Waals surface area contributed by atoms with E-state index in [4.69, 9.17) is 9.73 Å². The molecule has 1 aliphatic heterocycles. The van der Waals surface area contributed by atoms with Gasteiger partial charge in [0.25, 0.3) is 0 Å². The number of halogens is 1. The lowest BCUT2D eigenvalue weighted by Crippen LogP contribution is -2.47. The maximum atomic E-state index is 5.43. The Bertz CT molecular complexity index is 842. The third-order valence-electron chi connectivity index (χ3n) is 5.63. The van der Waals surface area contributed by atoms with Crippen LogP contribution >= 0.6 is 24.0 Å². The van der Waals surface area contributed by atoms with Crippen LogP contribution in [-0.4, -0.2) is 80.3 Å². The molecule has 1 aromatic carbocycles. The summed E-state index contributed by atoms with van der Waals surface area (Å²) in [5.41, 5.74) is 2.42. The van der Waals surface area contributed by atoms with Gasteiger partial charge in [0, 0.05) is 64.8 Å². The van der Waals surface area contributed by atoms with Gasteiger partial charge in [-0.3, -0.25) is 9.89 Å². The van der Waals surface area contributed by atoms with Gasteiger partial charge in [0.15, 0.2) is 5.96 Å². The van der Waals surface area contributed by atoms with Crippen molar-refractivity contribution in [3.63, 3.8) is 0 Å². The molecule has 1 saturated heterocycles. The smallest absolute Gasteiger partial charge is 0.225 e. The average Bonchev–Trinajstić information content (AvgIpc) is 2.83. The quantitative estimate of drug-likeness (QED) is 0.198. The number of ether oxygens (including phenoxy) is 1. The Hall–Kier alpha value is -2.14. The number of piperazine rings is 1. The molecular formula is C24H38IN7O. The number of aliphatic imine (C=N–C) groups is 1. The number of rotatable bonds is 10. The number of hydrogen-bond donors (Lipinski definition) is 2. The minimum atomic E-state index is 0. The summed E-state index contributed by atoms with van der Waals surface area (Å²) in [4.78, 5) is 18.2. The molecule has 1 aromatic heterocycles. The molecule has 182 valence electrons. The first-order valence-corrected chi connectivity index (χ1v) is 11.6. The zero-order valence-corrected chi connectivity index (χ0v) is 22.4. The topological polar surface area (TPSA) is 77.9 Å². The minimum Gasteiger partial charge on any atom is -0.496 e. The number of nitrogens with zero attached hydrogens (tertiary/aromatic N) is 5. The Morgan fingerprint density at radius 3 is 2.58 bits per heavy atom. The monoisotopic (exact) mass is 567 g/mol. The Balaban J connectivity index is 0.00000385. The zero-order chi connectivity index (χ0) is 22.6. The molecule has 0 aliphatic carbocycles. The number of guanidine groups is 1. The average molecular weight is 568 g/mol. The number of benzene rings is 1. The molecule has 0 saturated carbocycles. The maximum Gasteiger partial charge on any atom is 0.225 e. The highest BCUT2D eigenvalue weighted by Gasteiger charge is 2.18. The summed E-state index contributed by atoms with van der Waals surface area (Å²) >= 11 is 0. The van der Waals surface area contributed by atoms with Gasteiger partial charge in [0.2, 0.25) is 5.95 Å². The predicted molar refractivity (Wildman–Crippen MR) is 146 cm³/mol. The lowest BCUT2D eigenvalue weighted by molar-refractivity contribution is 0.255. The number of anilines is 1. The van der Waals surface area contributed by atoms with Gasteiger partial charge in [-0.25, -0.2) is 9.97 Å². The van der Waals surface area contributed by atoms with Crippen molar-refractivity contribution in [1.82, 2.24) is 25.5 Å². The van der Waals surface area contributed by atoms with E-state index in [1.165, 1.54) is 5.56 Å². The van der Waals surface area contributed by atoms with E-state index in [9.17, 15) is 0 Å². The molecular weight excluding hydrogens is 529 g/mol. The number of aryl methyl sites for hydroxylation is 1. The van der Waals surface area contributed by atoms with Gasteiger partial charge in [0.05, 0.1) is 7.11 Å². The van der Waals surface area contributed by atoms with Crippen LogP contribution in [0.3, 0.4) is 0 Å². The van der Waals surface area contributed by atoms with E-state index in [2.05, 4.69) is 62.4 Å². The van der Waals surface area contributed by atoms with Gasteiger partial charge in [-0.05, 0) is 49.9 Å². The molecule has 8 nitrogen and oxygen atoms in total. The predicted octanol–water partition coefficient (Wildman–Crippen LogP) is 2.72. The fourth-order valence-corrected chi connectivity index (χ4v) is 3.80. The number of hydrogen-bond acceptors (Lipinski definition) is 6. The van der Waals surface area contributed by atoms with Gasteiger partial charge in [-0.15, -0.1) is 24.0 Å². The summed E-state index contributed by atoms with van der Waals surface area (Å²) in [5, 5.41) is 6.79. The first-order valence-electron chi connectivity index (χ1n) is 11.6. The van der Waals surface area contributed by atoms with Crippen molar-refractivity contribution in [3.05, 3.63) is 47.8 Å². The molecule has 0 atom stereocenters. The van der Waals surface area contributed by atoms with Crippen LogP contribution in [0.1, 0.15) is 24.5 Å². The van der Waals surface area contributed by atoms with Crippen molar-refractivity contribution in [3.8, 4) is 5.75 Å². The Morgan fingerprint density at radius 2 is 1.88 bits per heavy atom. The lowest BCUT2D eigenvalue weighted by atomic mass is 10.1. The van der Waals surface area contributed by atoms with Crippen LogP contribution in [0.15, 0.2) is 41.7 Å². The molecule has 0 radical (unpaired) electrons. The SMILES string of the molecule is CCNC(=NCCCN1CCN(c2ncccn2)CC1)NCCc1ccc(C)c(OC)c1.I. The highest BCUT2D eigenvalue weighted by atomic mass is 127. The van der Waals surface area contributed by atoms with Crippen molar-refractivity contribution in [1.29, 1.82) is 0 Å². The molecule has 2 N–H and O–H groups in total. The van der Waals surface area contributed by atoms with Gasteiger partial charge in [0.1, 0.15) is 5.75 Å². The second kappa shape index (κ2) is 14.9. The van der Waals surface area contributed by atoms with Gasteiger partial charge < -0.3 is 20.3 Å². The number of methoxy groups -OCH3 is 1. The first kappa shape index (κ1) is 27.1. The largest absolute Gasteiger partial charge is 0.496 e. The fourth-order valence-electron chi connectivity index (χ4n) is 3.80. The van der Waals surface area contributed by atoms with E-state index < -0.39 is 0 Å². The van der Waals surface area contributed by atoms with Gasteiger partial charge in [-0.1, -0.05) is 12.1 Å². The number of nitrogens with one attached hydrogen (secondary N) is 2. The Morgan fingerprint density at radius 1 is 1.12 bits per heavy atom. The molecule has 0 amide bonds. The molecule has 33 heavy (non-hydrogen) atoms. The summed E-state index contributed by atoms with van der Waals surface area (Å²) in [6, 6.07) is 8.24. The van der Waals surface area contributed by atoms with Crippen LogP contribution in [0, 0.1) is 6.92 Å². The van der Waals surface area contributed by atoms with Crippen LogP contribution < -0.4 is 20.3 Å². The van der Waals surface area contributed by atoms with Crippen molar-refractivity contribution in [2.24, 2.45) is 4.99 Å². The van der Waals surface area contributed by atoms with Gasteiger partial charge >= 0.3 is 0 Å². The minimum absolute atomic E-state index is 0. The Kier molecular flexibility index (Phi) is 12.2. The molecule has 2 aromatic rings. The normalized spacial score (nSPS) is 14.5. The molecule has 1 aliphatic rings. The summed E-state index contributed by atoms with van der Waals surface area (Å²) in [7, 11) is 1.72. The van der Waals surface area contributed by atoms with E-state index >= 15 is 0 Å². The molecule has 2 heterocycles. The standard InChI is InChI=1S/C24H37N7O.HI/c1-4-25-23(27-13-9-21-8-7-20(2)22(19-21)32-3)26-12-6-14-30-15-17-31(18-16-30)24-28-10-5-11-29-24;/h5,7-8,10-11,19H,4,6,9,12-18H2,1-3H3,(H2,25,26,27);1H. The van der Waals surface area contributed by atoms with Gasteiger partial charge in [-0.2, -0.15) is 0 Å². The highest BCUT2D eigenvalue weighted by Crippen LogP contribution is 2.19. The van der Waals surface area contributed by atoms with Crippen LogP contribution in [0.25, 0.3) is 0 Å². The molecule has 0 spiro atoms. The van der Waals surface area contributed by atoms with Crippen molar-refractivity contribution < 1.29 is 4.74 Å². The van der Waals surface area contributed by atoms with Crippen molar-refractivity contribution >= 4 is 35.9 Å². The summed E-state index contributed by atoms with van der Waals surface area (Å²) < 4.78 is 5.43. The van der Waals surface area contributed by atoms with Crippen molar-refractivity contribution in [2.75, 3.05) is 64.4 Å². The Labute approximate surface area is 215 Å². The fraction of sp³-hybridized carbons (Fsp3) is 0.542. The van der Waals surface area contributed by atoms with E-state index in [1.807, 2.05) is 6.07 Å². The molecule has 0 bridgehead atoms. The summed E-state index contributed by atoms with van der Waals surface area (Å²) in [6.45, 7) is 11.8. The summed E-state index contributed by atoms with van der Waals surface area (Å²) in [6.07, 6.45) is 5.59. The molecule has 1 fully saturated rings. The van der Waals surface area contributed by atoms with E-state index in [0.717, 1.165) is 88.4 Å². The zero-order valence-electron chi connectivity index (χ0n) is 20.1. The van der Waals surface area contributed by atoms with E-state index in [1.54, 1.807) is 19.5 Å².